The number of hydrogen-bond donors (Lipinski definition) is 1. The van der Waals surface area contributed by atoms with Gasteiger partial charge in [-0.1, -0.05) is 23.8 Å². The van der Waals surface area contributed by atoms with Gasteiger partial charge in [0, 0.05) is 11.1 Å². The molecule has 0 heterocycles. The zero-order valence-corrected chi connectivity index (χ0v) is 8.16. The summed E-state index contributed by atoms with van der Waals surface area (Å²) in [5.74, 6) is -0.430. The van der Waals surface area contributed by atoms with Gasteiger partial charge in [-0.3, -0.25) is 0 Å². The lowest BCUT2D eigenvalue weighted by Crippen LogP contribution is -2.18. The fourth-order valence-corrected chi connectivity index (χ4v) is 0.958. The van der Waals surface area contributed by atoms with E-state index in [1.165, 1.54) is 18.2 Å². The van der Waals surface area contributed by atoms with Crippen LogP contribution < -0.4 is 10.5 Å². The van der Waals surface area contributed by atoms with Crippen molar-refractivity contribution in [2.24, 2.45) is 5.73 Å². The molecule has 0 fully saturated rings. The van der Waals surface area contributed by atoms with Crippen molar-refractivity contribution in [2.75, 3.05) is 6.61 Å². The van der Waals surface area contributed by atoms with Gasteiger partial charge in [0.15, 0.2) is 11.6 Å². The number of hydrogen-bond acceptors (Lipinski definition) is 2. The summed E-state index contributed by atoms with van der Waals surface area (Å²) in [5, 5.41) is 0.402. The van der Waals surface area contributed by atoms with E-state index in [1.54, 1.807) is 0 Å². The SMILES string of the molecule is NC(=S)COc1cc(Cl)ccc1F. The van der Waals surface area contributed by atoms with Crippen molar-refractivity contribution in [3.63, 3.8) is 0 Å². The smallest absolute Gasteiger partial charge is 0.165 e. The largest absolute Gasteiger partial charge is 0.483 e. The van der Waals surface area contributed by atoms with Gasteiger partial charge in [0.2, 0.25) is 0 Å². The van der Waals surface area contributed by atoms with Crippen molar-refractivity contribution in [1.82, 2.24) is 0 Å². The summed E-state index contributed by atoms with van der Waals surface area (Å²) >= 11 is 10.2. The average molecular weight is 220 g/mol. The molecule has 70 valence electrons. The Labute approximate surface area is 85.4 Å². The standard InChI is InChI=1S/C8H7ClFNOS/c9-5-1-2-6(10)7(3-5)12-4-8(11)13/h1-3H,4H2,(H2,11,13). The first-order valence-electron chi connectivity index (χ1n) is 3.46. The molecule has 0 radical (unpaired) electrons. The normalized spacial score (nSPS) is 9.69. The van der Waals surface area contributed by atoms with Gasteiger partial charge in [-0.2, -0.15) is 0 Å². The second kappa shape index (κ2) is 4.39. The number of ether oxygens (including phenoxy) is 1. The van der Waals surface area contributed by atoms with Crippen molar-refractivity contribution in [1.29, 1.82) is 0 Å². The van der Waals surface area contributed by atoms with Crippen molar-refractivity contribution in [2.45, 2.75) is 0 Å². The highest BCUT2D eigenvalue weighted by Crippen LogP contribution is 2.21. The summed E-state index contributed by atoms with van der Waals surface area (Å²) in [6.45, 7) is 0.00654. The predicted octanol–water partition coefficient (Wildman–Crippen LogP) is 2.14. The van der Waals surface area contributed by atoms with E-state index in [4.69, 9.17) is 22.1 Å². The number of nitrogens with two attached hydrogens (primary N) is 1. The molecule has 13 heavy (non-hydrogen) atoms. The number of benzene rings is 1. The van der Waals surface area contributed by atoms with E-state index in [0.29, 0.717) is 5.02 Å². The molecule has 0 bridgehead atoms. The van der Waals surface area contributed by atoms with Crippen molar-refractivity contribution < 1.29 is 9.13 Å². The highest BCUT2D eigenvalue weighted by Gasteiger charge is 2.03. The van der Waals surface area contributed by atoms with Crippen LogP contribution in [0.4, 0.5) is 4.39 Å². The topological polar surface area (TPSA) is 35.2 Å². The quantitative estimate of drug-likeness (QED) is 0.792. The Hall–Kier alpha value is -0.870. The van der Waals surface area contributed by atoms with Gasteiger partial charge < -0.3 is 10.5 Å². The molecule has 0 aliphatic carbocycles. The Morgan fingerprint density at radius 1 is 1.62 bits per heavy atom. The molecular formula is C8H7ClFNOS. The predicted molar refractivity (Wildman–Crippen MR) is 53.7 cm³/mol. The van der Waals surface area contributed by atoms with Crippen molar-refractivity contribution in [3.8, 4) is 5.75 Å². The first-order valence-corrected chi connectivity index (χ1v) is 4.24. The van der Waals surface area contributed by atoms with Gasteiger partial charge in [-0.15, -0.1) is 0 Å². The molecule has 1 aromatic carbocycles. The maximum absolute atomic E-state index is 13.0. The van der Waals surface area contributed by atoms with Crippen LogP contribution in [0.25, 0.3) is 0 Å². The van der Waals surface area contributed by atoms with Gasteiger partial charge >= 0.3 is 0 Å². The Morgan fingerprint density at radius 2 is 2.31 bits per heavy atom. The number of thiocarbonyl (C=S) groups is 1. The second-order valence-corrected chi connectivity index (χ2v) is 3.29. The first-order chi connectivity index (χ1) is 6.09. The number of halogens is 2. The maximum Gasteiger partial charge on any atom is 0.165 e. The summed E-state index contributed by atoms with van der Waals surface area (Å²) in [6, 6.07) is 4.02. The molecular weight excluding hydrogens is 213 g/mol. The summed E-state index contributed by atoms with van der Waals surface area (Å²) in [7, 11) is 0. The van der Waals surface area contributed by atoms with Crippen LogP contribution >= 0.6 is 23.8 Å². The molecule has 5 heteroatoms. The fraction of sp³-hybridized carbons (Fsp3) is 0.125. The zero-order chi connectivity index (χ0) is 9.84. The monoisotopic (exact) mass is 219 g/mol. The van der Waals surface area contributed by atoms with Crippen molar-refractivity contribution >= 4 is 28.8 Å². The summed E-state index contributed by atoms with van der Waals surface area (Å²) in [5.41, 5.74) is 5.18. The molecule has 0 aliphatic heterocycles. The minimum Gasteiger partial charge on any atom is -0.483 e. The minimum atomic E-state index is -0.486. The molecule has 0 saturated heterocycles. The lowest BCUT2D eigenvalue weighted by atomic mass is 10.3. The van der Waals surface area contributed by atoms with Crippen LogP contribution in [0.2, 0.25) is 5.02 Å². The van der Waals surface area contributed by atoms with Crippen LogP contribution in [0.3, 0.4) is 0 Å². The van der Waals surface area contributed by atoms with Gasteiger partial charge in [-0.25, -0.2) is 4.39 Å². The second-order valence-electron chi connectivity index (χ2n) is 2.33. The lowest BCUT2D eigenvalue weighted by molar-refractivity contribution is 0.354. The molecule has 0 spiro atoms. The zero-order valence-electron chi connectivity index (χ0n) is 6.59. The third-order valence-corrected chi connectivity index (χ3v) is 1.62. The third kappa shape index (κ3) is 3.16. The molecule has 1 rings (SSSR count). The minimum absolute atomic E-state index is 0.00654. The highest BCUT2D eigenvalue weighted by atomic mass is 35.5. The van der Waals surface area contributed by atoms with Gasteiger partial charge in [-0.05, 0) is 12.1 Å². The summed E-state index contributed by atoms with van der Waals surface area (Å²) < 4.78 is 17.9. The number of rotatable bonds is 3. The molecule has 0 saturated carbocycles. The van der Waals surface area contributed by atoms with E-state index >= 15 is 0 Å². The summed E-state index contributed by atoms with van der Waals surface area (Å²) in [6.07, 6.45) is 0. The van der Waals surface area contributed by atoms with E-state index in [9.17, 15) is 4.39 Å². The van der Waals surface area contributed by atoms with E-state index < -0.39 is 5.82 Å². The van der Waals surface area contributed by atoms with Gasteiger partial charge in [0.05, 0.1) is 0 Å². The van der Waals surface area contributed by atoms with Crippen LogP contribution in [0.5, 0.6) is 5.75 Å². The van der Waals surface area contributed by atoms with E-state index in [-0.39, 0.29) is 17.3 Å². The molecule has 0 unspecified atom stereocenters. The average Bonchev–Trinajstić information content (AvgIpc) is 2.06. The maximum atomic E-state index is 13.0. The van der Waals surface area contributed by atoms with E-state index in [1.807, 2.05) is 0 Å². The Kier molecular flexibility index (Phi) is 3.45. The molecule has 2 N–H and O–H groups in total. The van der Waals surface area contributed by atoms with Crippen molar-refractivity contribution in [3.05, 3.63) is 29.0 Å². The summed E-state index contributed by atoms with van der Waals surface area (Å²) in [4.78, 5) is 0.166. The molecule has 1 aromatic rings. The Bertz CT molecular complexity index is 332. The van der Waals surface area contributed by atoms with Crippen LogP contribution in [0.1, 0.15) is 0 Å². The third-order valence-electron chi connectivity index (χ3n) is 1.26. The molecule has 2 nitrogen and oxygen atoms in total. The highest BCUT2D eigenvalue weighted by molar-refractivity contribution is 7.80. The van der Waals surface area contributed by atoms with Crippen LogP contribution in [0.15, 0.2) is 18.2 Å². The molecule has 0 amide bonds. The van der Waals surface area contributed by atoms with E-state index in [2.05, 4.69) is 12.2 Å². The van der Waals surface area contributed by atoms with Gasteiger partial charge in [0.1, 0.15) is 11.6 Å². The first kappa shape index (κ1) is 10.2. The Morgan fingerprint density at radius 3 is 2.92 bits per heavy atom. The molecule has 0 aliphatic rings. The van der Waals surface area contributed by atoms with Gasteiger partial charge in [0.25, 0.3) is 0 Å². The lowest BCUT2D eigenvalue weighted by Gasteiger charge is -2.05. The fourth-order valence-electron chi connectivity index (χ4n) is 0.737. The Balaban J connectivity index is 2.75. The van der Waals surface area contributed by atoms with Crippen LogP contribution in [0, 0.1) is 5.82 Å². The van der Waals surface area contributed by atoms with E-state index in [0.717, 1.165) is 0 Å². The van der Waals surface area contributed by atoms with Crippen LogP contribution in [-0.2, 0) is 0 Å². The molecule has 0 atom stereocenters. The molecule has 0 aromatic heterocycles. The van der Waals surface area contributed by atoms with Crippen LogP contribution in [-0.4, -0.2) is 11.6 Å².